The van der Waals surface area contributed by atoms with Gasteiger partial charge in [0.1, 0.15) is 11.3 Å². The van der Waals surface area contributed by atoms with Gasteiger partial charge in [0.15, 0.2) is 5.78 Å². The Labute approximate surface area is 80.7 Å². The van der Waals surface area contributed by atoms with Crippen LogP contribution in [-0.4, -0.2) is 17.2 Å². The standard InChI is InChI=1S/C11H7O3/c12-6-9-10(13)5-7-3-1-2-4-8(7)11(9)14/h1-4,14H,5H2. The van der Waals surface area contributed by atoms with E-state index >= 15 is 0 Å². The summed E-state index contributed by atoms with van der Waals surface area (Å²) in [7, 11) is 0. The summed E-state index contributed by atoms with van der Waals surface area (Å²) in [6.07, 6.45) is 1.63. The van der Waals surface area contributed by atoms with Crippen molar-refractivity contribution < 1.29 is 14.7 Å². The lowest BCUT2D eigenvalue weighted by atomic mass is 9.90. The number of carbonyl (C=O) groups is 1. The van der Waals surface area contributed by atoms with E-state index in [2.05, 4.69) is 0 Å². The van der Waals surface area contributed by atoms with Gasteiger partial charge in [0.2, 0.25) is 6.29 Å². The number of Topliss-reactive ketones (excluding diaryl/α,β-unsaturated/α-hetero) is 1. The van der Waals surface area contributed by atoms with Gasteiger partial charge in [-0.05, 0) is 5.56 Å². The molecule has 3 heteroatoms. The Bertz CT molecular complexity index is 444. The second-order valence-electron chi connectivity index (χ2n) is 3.08. The third-order valence-corrected chi connectivity index (χ3v) is 2.24. The van der Waals surface area contributed by atoms with E-state index in [1.54, 1.807) is 24.3 Å². The molecular weight excluding hydrogens is 180 g/mol. The minimum Gasteiger partial charge on any atom is -0.506 e. The van der Waals surface area contributed by atoms with Crippen molar-refractivity contribution in [3.8, 4) is 0 Å². The van der Waals surface area contributed by atoms with E-state index in [-0.39, 0.29) is 23.5 Å². The maximum Gasteiger partial charge on any atom is 0.241 e. The normalized spacial score (nSPS) is 15.3. The Morgan fingerprint density at radius 1 is 1.29 bits per heavy atom. The summed E-state index contributed by atoms with van der Waals surface area (Å²) in [6, 6.07) is 6.96. The highest BCUT2D eigenvalue weighted by molar-refractivity contribution is 6.19. The second kappa shape index (κ2) is 3.10. The first kappa shape index (κ1) is 8.69. The predicted molar refractivity (Wildman–Crippen MR) is 50.4 cm³/mol. The summed E-state index contributed by atoms with van der Waals surface area (Å²) >= 11 is 0. The average molecular weight is 187 g/mol. The van der Waals surface area contributed by atoms with E-state index in [0.29, 0.717) is 5.56 Å². The monoisotopic (exact) mass is 187 g/mol. The number of hydrogen-bond acceptors (Lipinski definition) is 3. The van der Waals surface area contributed by atoms with Gasteiger partial charge in [-0.3, -0.25) is 9.59 Å². The molecule has 0 heterocycles. The van der Waals surface area contributed by atoms with Crippen molar-refractivity contribution in [1.82, 2.24) is 0 Å². The third kappa shape index (κ3) is 1.14. The maximum absolute atomic E-state index is 11.3. The summed E-state index contributed by atoms with van der Waals surface area (Å²) in [5, 5.41) is 9.59. The van der Waals surface area contributed by atoms with E-state index in [4.69, 9.17) is 0 Å². The number of ketones is 1. The number of rotatable bonds is 1. The van der Waals surface area contributed by atoms with Crippen molar-refractivity contribution in [1.29, 1.82) is 0 Å². The van der Waals surface area contributed by atoms with Crippen LogP contribution in [0.3, 0.4) is 0 Å². The highest BCUT2D eigenvalue weighted by atomic mass is 16.3. The van der Waals surface area contributed by atoms with Crippen LogP contribution >= 0.6 is 0 Å². The summed E-state index contributed by atoms with van der Waals surface area (Å²) < 4.78 is 0. The Morgan fingerprint density at radius 2 is 2.00 bits per heavy atom. The number of allylic oxidation sites excluding steroid dienone is 1. The molecule has 0 aliphatic heterocycles. The van der Waals surface area contributed by atoms with E-state index < -0.39 is 0 Å². The number of aliphatic hydroxyl groups excluding tert-OH is 1. The van der Waals surface area contributed by atoms with Gasteiger partial charge in [-0.25, -0.2) is 0 Å². The van der Waals surface area contributed by atoms with Crippen molar-refractivity contribution in [2.75, 3.05) is 0 Å². The molecule has 0 atom stereocenters. The molecule has 3 nitrogen and oxygen atoms in total. The Hall–Kier alpha value is -1.90. The van der Waals surface area contributed by atoms with Crippen molar-refractivity contribution >= 4 is 17.8 Å². The fourth-order valence-electron chi connectivity index (χ4n) is 1.54. The summed E-state index contributed by atoms with van der Waals surface area (Å²) in [5.74, 6) is -0.636. The Morgan fingerprint density at radius 3 is 2.71 bits per heavy atom. The van der Waals surface area contributed by atoms with Crippen LogP contribution in [0, 0.1) is 0 Å². The lowest BCUT2D eigenvalue weighted by Crippen LogP contribution is -2.16. The molecule has 69 valence electrons. The first-order valence-corrected chi connectivity index (χ1v) is 4.17. The summed E-state index contributed by atoms with van der Waals surface area (Å²) in [4.78, 5) is 21.7. The first-order valence-electron chi connectivity index (χ1n) is 4.17. The molecule has 0 fully saturated rings. The van der Waals surface area contributed by atoms with Gasteiger partial charge in [-0.1, -0.05) is 24.3 Å². The molecule has 0 aromatic heterocycles. The lowest BCUT2D eigenvalue weighted by Gasteiger charge is -2.14. The zero-order valence-electron chi connectivity index (χ0n) is 7.28. The molecule has 0 unspecified atom stereocenters. The highest BCUT2D eigenvalue weighted by Gasteiger charge is 2.24. The van der Waals surface area contributed by atoms with E-state index in [9.17, 15) is 14.7 Å². The van der Waals surface area contributed by atoms with E-state index in [0.717, 1.165) is 5.56 Å². The largest absolute Gasteiger partial charge is 0.506 e. The van der Waals surface area contributed by atoms with Crippen LogP contribution in [-0.2, 0) is 16.0 Å². The van der Waals surface area contributed by atoms with Crippen LogP contribution in [0.25, 0.3) is 5.76 Å². The van der Waals surface area contributed by atoms with Gasteiger partial charge in [-0.15, -0.1) is 0 Å². The SMILES string of the molecule is O=[C]C1=C(O)c2ccccc2CC1=O. The maximum atomic E-state index is 11.3. The Balaban J connectivity index is 2.67. The molecule has 1 aliphatic carbocycles. The van der Waals surface area contributed by atoms with Gasteiger partial charge in [0, 0.05) is 12.0 Å². The van der Waals surface area contributed by atoms with Gasteiger partial charge < -0.3 is 5.11 Å². The van der Waals surface area contributed by atoms with Crippen molar-refractivity contribution in [3.63, 3.8) is 0 Å². The van der Waals surface area contributed by atoms with Gasteiger partial charge in [0.25, 0.3) is 0 Å². The molecule has 1 aliphatic rings. The average Bonchev–Trinajstić information content (AvgIpc) is 2.18. The third-order valence-electron chi connectivity index (χ3n) is 2.24. The second-order valence-corrected chi connectivity index (χ2v) is 3.08. The van der Waals surface area contributed by atoms with Crippen LogP contribution in [0.15, 0.2) is 29.8 Å². The van der Waals surface area contributed by atoms with Gasteiger partial charge in [-0.2, -0.15) is 0 Å². The smallest absolute Gasteiger partial charge is 0.241 e. The molecular formula is C11H7O3. The van der Waals surface area contributed by atoms with Gasteiger partial charge >= 0.3 is 0 Å². The van der Waals surface area contributed by atoms with Crippen LogP contribution in [0.4, 0.5) is 0 Å². The Kier molecular flexibility index (Phi) is 1.93. The van der Waals surface area contributed by atoms with Crippen LogP contribution in [0.1, 0.15) is 11.1 Å². The number of hydrogen-bond donors (Lipinski definition) is 1. The van der Waals surface area contributed by atoms with Crippen molar-refractivity contribution in [2.24, 2.45) is 0 Å². The minimum absolute atomic E-state index is 0.158. The number of benzene rings is 1. The molecule has 0 bridgehead atoms. The number of carbonyl (C=O) groups excluding carboxylic acids is 2. The van der Waals surface area contributed by atoms with Gasteiger partial charge in [0.05, 0.1) is 0 Å². The van der Waals surface area contributed by atoms with Crippen LogP contribution < -0.4 is 0 Å². The first-order chi connectivity index (χ1) is 6.74. The molecule has 0 saturated carbocycles. The fourth-order valence-corrected chi connectivity index (χ4v) is 1.54. The van der Waals surface area contributed by atoms with E-state index in [1.165, 1.54) is 6.29 Å². The van der Waals surface area contributed by atoms with Crippen molar-refractivity contribution in [2.45, 2.75) is 6.42 Å². The molecule has 0 amide bonds. The molecule has 14 heavy (non-hydrogen) atoms. The van der Waals surface area contributed by atoms with Crippen LogP contribution in [0.2, 0.25) is 0 Å². The van der Waals surface area contributed by atoms with E-state index in [1.807, 2.05) is 0 Å². The molecule has 1 aromatic rings. The zero-order valence-corrected chi connectivity index (χ0v) is 7.28. The summed E-state index contributed by atoms with van der Waals surface area (Å²) in [6.45, 7) is 0. The number of fused-ring (bicyclic) bond motifs is 1. The molecule has 2 rings (SSSR count). The molecule has 1 radical (unpaired) electrons. The summed E-state index contributed by atoms with van der Waals surface area (Å²) in [5.41, 5.74) is 1.04. The van der Waals surface area contributed by atoms with Crippen LogP contribution in [0.5, 0.6) is 0 Å². The number of aliphatic hydroxyl groups is 1. The lowest BCUT2D eigenvalue weighted by molar-refractivity contribution is -0.114. The van der Waals surface area contributed by atoms with Crippen molar-refractivity contribution in [3.05, 3.63) is 41.0 Å². The predicted octanol–water partition coefficient (Wildman–Crippen LogP) is 1.19. The molecule has 1 N–H and O–H groups in total. The molecule has 1 aromatic carbocycles. The fraction of sp³-hybridized carbons (Fsp3) is 0.0909. The quantitative estimate of drug-likeness (QED) is 0.672. The molecule has 0 spiro atoms. The highest BCUT2D eigenvalue weighted by Crippen LogP contribution is 2.26. The minimum atomic E-state index is -0.379. The zero-order chi connectivity index (χ0) is 10.1. The topological polar surface area (TPSA) is 54.4 Å². The molecule has 0 saturated heterocycles.